The molecule has 3 fully saturated rings. The molecule has 4 aliphatic carbocycles. The Labute approximate surface area is 181 Å². The van der Waals surface area contributed by atoms with Gasteiger partial charge in [-0.2, -0.15) is 0 Å². The van der Waals surface area contributed by atoms with Gasteiger partial charge in [-0.15, -0.1) is 0 Å². The van der Waals surface area contributed by atoms with Crippen LogP contribution >= 0.6 is 0 Å². The van der Waals surface area contributed by atoms with Gasteiger partial charge in [0.2, 0.25) is 0 Å². The maximum Gasteiger partial charge on any atom is 0.178 e. The van der Waals surface area contributed by atoms with Gasteiger partial charge in [0.25, 0.3) is 0 Å². The van der Waals surface area contributed by atoms with Crippen LogP contribution in [0.1, 0.15) is 46.0 Å². The molecule has 0 aromatic rings. The molecule has 4 aliphatic rings. The fraction of sp³-hybridized carbons (Fsp3) is 0.750. The van der Waals surface area contributed by atoms with Crippen LogP contribution in [-0.4, -0.2) is 58.5 Å². The maximum atomic E-state index is 17.3. The Bertz CT molecular complexity index is 855. The van der Waals surface area contributed by atoms with Gasteiger partial charge in [-0.3, -0.25) is 9.59 Å². The predicted octanol–water partition coefficient (Wildman–Crippen LogP) is 2.48. The third kappa shape index (κ3) is 2.63. The second-order valence-corrected chi connectivity index (χ2v) is 10.4. The van der Waals surface area contributed by atoms with Gasteiger partial charge >= 0.3 is 0 Å². The molecular formula is C24H32F2O5. The monoisotopic (exact) mass is 438 g/mol. The zero-order valence-corrected chi connectivity index (χ0v) is 18.1. The van der Waals surface area contributed by atoms with Gasteiger partial charge in [-0.05, 0) is 61.7 Å². The molecule has 3 saturated carbocycles. The van der Waals surface area contributed by atoms with Crippen LogP contribution in [0.2, 0.25) is 0 Å². The minimum absolute atomic E-state index is 0.0979. The second-order valence-electron chi connectivity index (χ2n) is 10.4. The van der Waals surface area contributed by atoms with Gasteiger partial charge in [-0.25, -0.2) is 8.78 Å². The molecule has 0 aliphatic heterocycles. The van der Waals surface area contributed by atoms with E-state index in [9.17, 15) is 24.9 Å². The molecule has 31 heavy (non-hydrogen) atoms. The van der Waals surface area contributed by atoms with Gasteiger partial charge in [0.05, 0.1) is 12.0 Å². The predicted molar refractivity (Wildman–Crippen MR) is 109 cm³/mol. The summed E-state index contributed by atoms with van der Waals surface area (Å²) < 4.78 is 32.7. The van der Waals surface area contributed by atoms with Crippen molar-refractivity contribution >= 4 is 11.6 Å². The highest BCUT2D eigenvalue weighted by Crippen LogP contribution is 2.73. The van der Waals surface area contributed by atoms with E-state index in [0.717, 1.165) is 0 Å². The molecule has 0 radical (unpaired) electrons. The number of Topliss-reactive ketones (excluding diaryl/α,β-unsaturated/α-hetero) is 1. The number of allylic oxidation sites excluding steroid dienone is 4. The van der Waals surface area contributed by atoms with E-state index in [1.54, 1.807) is 6.92 Å². The fourth-order valence-corrected chi connectivity index (χ4v) is 7.91. The molecule has 2 unspecified atom stereocenters. The molecule has 0 spiro atoms. The van der Waals surface area contributed by atoms with Crippen molar-refractivity contribution < 1.29 is 33.7 Å². The number of hydrogen-bond donors (Lipinski definition) is 3. The number of rotatable bonds is 5. The normalized spacial score (nSPS) is 48.6. The Kier molecular flexibility index (Phi) is 5.35. The van der Waals surface area contributed by atoms with Gasteiger partial charge < -0.3 is 15.3 Å². The number of aliphatic hydroxyl groups excluding tert-OH is 3. The number of ketones is 2. The lowest BCUT2D eigenvalue weighted by molar-refractivity contribution is -0.199. The Morgan fingerprint density at radius 2 is 1.94 bits per heavy atom. The standard InChI is InChI=1S/C24H32F2O5/c1-21-6-3-15(30)9-18(21)19(25)10-17-16-4-7-23(13-29,20(31)5-8-27)22(16,2)11-14(12-28)24(17,21)26/h3,6,9,14,16-17,19,27-29H,4-5,7-8,10-13H2,1-2H3/t14?,16-,17-,19?,21-,22-,23-,24+/m0/s1. The number of hydrogen-bond acceptors (Lipinski definition) is 5. The molecule has 0 heterocycles. The Morgan fingerprint density at radius 1 is 1.23 bits per heavy atom. The Morgan fingerprint density at radius 3 is 2.55 bits per heavy atom. The van der Waals surface area contributed by atoms with Crippen molar-refractivity contribution in [2.75, 3.05) is 19.8 Å². The summed E-state index contributed by atoms with van der Waals surface area (Å²) in [6.45, 7) is 2.24. The summed E-state index contributed by atoms with van der Waals surface area (Å²) in [6.07, 6.45) is 3.20. The molecule has 0 aromatic heterocycles. The summed E-state index contributed by atoms with van der Waals surface area (Å²) in [5, 5.41) is 30.0. The first-order chi connectivity index (χ1) is 14.6. The summed E-state index contributed by atoms with van der Waals surface area (Å²) in [6, 6.07) is 0. The van der Waals surface area contributed by atoms with Crippen LogP contribution in [0.25, 0.3) is 0 Å². The maximum absolute atomic E-state index is 17.3. The third-order valence-electron chi connectivity index (χ3n) is 9.52. The zero-order chi connectivity index (χ0) is 22.8. The van der Waals surface area contributed by atoms with E-state index in [2.05, 4.69) is 0 Å². The lowest BCUT2D eigenvalue weighted by atomic mass is 9.41. The van der Waals surface area contributed by atoms with Gasteiger partial charge in [0.1, 0.15) is 17.6 Å². The molecular weight excluding hydrogens is 406 g/mol. The minimum atomic E-state index is -1.98. The first kappa shape index (κ1) is 22.7. The first-order valence-electron chi connectivity index (χ1n) is 11.2. The van der Waals surface area contributed by atoms with E-state index in [1.165, 1.54) is 18.2 Å². The van der Waals surface area contributed by atoms with Crippen LogP contribution in [0.5, 0.6) is 0 Å². The summed E-state index contributed by atoms with van der Waals surface area (Å²) in [5.41, 5.74) is -5.19. The van der Waals surface area contributed by atoms with Crippen LogP contribution in [-0.2, 0) is 9.59 Å². The van der Waals surface area contributed by atoms with E-state index in [-0.39, 0.29) is 48.9 Å². The lowest BCUT2D eigenvalue weighted by Crippen LogP contribution is -2.68. The molecule has 0 aromatic carbocycles. The molecule has 4 rings (SSSR count). The topological polar surface area (TPSA) is 94.8 Å². The van der Waals surface area contributed by atoms with E-state index >= 15 is 8.78 Å². The quantitative estimate of drug-likeness (QED) is 0.613. The average molecular weight is 439 g/mol. The minimum Gasteiger partial charge on any atom is -0.396 e. The molecule has 5 nitrogen and oxygen atoms in total. The zero-order valence-electron chi connectivity index (χ0n) is 18.1. The van der Waals surface area contributed by atoms with Gasteiger partial charge in [-0.1, -0.05) is 13.0 Å². The molecule has 3 N–H and O–H groups in total. The van der Waals surface area contributed by atoms with Crippen LogP contribution in [0.4, 0.5) is 8.78 Å². The number of alkyl halides is 2. The highest BCUT2D eigenvalue weighted by Gasteiger charge is 2.74. The van der Waals surface area contributed by atoms with E-state index in [0.29, 0.717) is 12.8 Å². The molecule has 7 heteroatoms. The molecule has 0 amide bonds. The smallest absolute Gasteiger partial charge is 0.178 e. The summed E-state index contributed by atoms with van der Waals surface area (Å²) >= 11 is 0. The van der Waals surface area contributed by atoms with E-state index in [4.69, 9.17) is 0 Å². The highest BCUT2D eigenvalue weighted by molar-refractivity contribution is 6.01. The van der Waals surface area contributed by atoms with Crippen LogP contribution in [0.15, 0.2) is 23.8 Å². The van der Waals surface area contributed by atoms with Crippen molar-refractivity contribution in [2.24, 2.45) is 34.0 Å². The van der Waals surface area contributed by atoms with Crippen molar-refractivity contribution in [1.82, 2.24) is 0 Å². The largest absolute Gasteiger partial charge is 0.396 e. The summed E-state index contributed by atoms with van der Waals surface area (Å²) in [4.78, 5) is 25.0. The van der Waals surface area contributed by atoms with E-state index < -0.39 is 53.1 Å². The Balaban J connectivity index is 1.86. The average Bonchev–Trinajstić information content (AvgIpc) is 3.04. The van der Waals surface area contributed by atoms with Crippen LogP contribution in [0.3, 0.4) is 0 Å². The van der Waals surface area contributed by atoms with Crippen molar-refractivity contribution in [3.05, 3.63) is 23.8 Å². The number of fused-ring (bicyclic) bond motifs is 5. The molecule has 0 bridgehead atoms. The summed E-state index contributed by atoms with van der Waals surface area (Å²) in [7, 11) is 0. The van der Waals surface area contributed by atoms with Crippen LogP contribution < -0.4 is 0 Å². The highest BCUT2D eigenvalue weighted by atomic mass is 19.1. The van der Waals surface area contributed by atoms with Gasteiger partial charge in [0.15, 0.2) is 5.78 Å². The fourth-order valence-electron chi connectivity index (χ4n) is 7.91. The lowest BCUT2D eigenvalue weighted by Gasteiger charge is -2.64. The number of halogens is 2. The first-order valence-corrected chi connectivity index (χ1v) is 11.2. The second kappa shape index (κ2) is 7.29. The number of carbonyl (C=O) groups is 2. The molecule has 0 saturated heterocycles. The number of aliphatic hydroxyl groups is 3. The van der Waals surface area contributed by atoms with Crippen molar-refractivity contribution in [2.45, 2.75) is 57.8 Å². The van der Waals surface area contributed by atoms with Crippen LogP contribution in [0, 0.1) is 34.0 Å². The summed E-state index contributed by atoms with van der Waals surface area (Å²) in [5.74, 6) is -2.64. The van der Waals surface area contributed by atoms with Gasteiger partial charge in [0, 0.05) is 36.9 Å². The van der Waals surface area contributed by atoms with E-state index in [1.807, 2.05) is 6.92 Å². The third-order valence-corrected chi connectivity index (χ3v) is 9.52. The SMILES string of the molecule is C[C@]12C=CC(=O)C=C1C(F)C[C@H]1[C@@H]3CC[C@](CO)(C(=O)CCO)[C@@]3(C)CC(CO)[C@@]12F. The van der Waals surface area contributed by atoms with Crippen molar-refractivity contribution in [3.8, 4) is 0 Å². The molecule has 172 valence electrons. The molecule has 8 atom stereocenters. The van der Waals surface area contributed by atoms with Crippen molar-refractivity contribution in [1.29, 1.82) is 0 Å². The van der Waals surface area contributed by atoms with Crippen molar-refractivity contribution in [3.63, 3.8) is 0 Å². The number of carbonyl (C=O) groups excluding carboxylic acids is 2. The Hall–Kier alpha value is -1.44.